The van der Waals surface area contributed by atoms with Gasteiger partial charge in [-0.1, -0.05) is 20.8 Å². The molecule has 1 heterocycles. The van der Waals surface area contributed by atoms with Gasteiger partial charge < -0.3 is 10.2 Å². The first kappa shape index (κ1) is 13.4. The van der Waals surface area contributed by atoms with E-state index in [9.17, 15) is 0 Å². The van der Waals surface area contributed by atoms with E-state index in [1.165, 1.54) is 45.2 Å². The number of nitrogens with one attached hydrogen (secondary N) is 1. The first-order valence-corrected chi connectivity index (χ1v) is 7.39. The number of likely N-dealkylation sites (tertiary alicyclic amines) is 1. The molecular formula is C15H30N2. The summed E-state index contributed by atoms with van der Waals surface area (Å²) < 4.78 is 0. The summed E-state index contributed by atoms with van der Waals surface area (Å²) in [6.07, 6.45) is 6.82. The molecule has 1 aliphatic heterocycles. The minimum atomic E-state index is 0.542. The first-order chi connectivity index (χ1) is 7.94. The summed E-state index contributed by atoms with van der Waals surface area (Å²) in [5.41, 5.74) is 0.542. The van der Waals surface area contributed by atoms with Gasteiger partial charge in [0.1, 0.15) is 0 Å². The van der Waals surface area contributed by atoms with Crippen LogP contribution in [-0.2, 0) is 0 Å². The molecule has 0 spiro atoms. The fourth-order valence-corrected chi connectivity index (χ4v) is 3.98. The lowest BCUT2D eigenvalue weighted by Gasteiger charge is -2.42. The SMILES string of the molecule is CC1CC(NC2CCN(C)CC2)CC(C)(C)C1. The number of rotatable bonds is 2. The molecule has 2 aliphatic rings. The predicted molar refractivity (Wildman–Crippen MR) is 74.2 cm³/mol. The van der Waals surface area contributed by atoms with Crippen molar-refractivity contribution in [1.29, 1.82) is 0 Å². The van der Waals surface area contributed by atoms with Crippen LogP contribution in [0.2, 0.25) is 0 Å². The van der Waals surface area contributed by atoms with E-state index in [0.717, 1.165) is 18.0 Å². The molecule has 1 N–H and O–H groups in total. The van der Waals surface area contributed by atoms with E-state index in [4.69, 9.17) is 0 Å². The van der Waals surface area contributed by atoms with Crippen LogP contribution in [0.25, 0.3) is 0 Å². The molecule has 0 aromatic rings. The molecule has 0 radical (unpaired) electrons. The molecule has 2 atom stereocenters. The number of piperidine rings is 1. The zero-order valence-electron chi connectivity index (χ0n) is 12.1. The summed E-state index contributed by atoms with van der Waals surface area (Å²) >= 11 is 0. The molecule has 1 saturated heterocycles. The summed E-state index contributed by atoms with van der Waals surface area (Å²) in [6, 6.07) is 1.54. The van der Waals surface area contributed by atoms with Crippen LogP contribution in [0.4, 0.5) is 0 Å². The maximum Gasteiger partial charge on any atom is 0.00940 e. The van der Waals surface area contributed by atoms with E-state index in [0.29, 0.717) is 5.41 Å². The molecule has 17 heavy (non-hydrogen) atoms. The van der Waals surface area contributed by atoms with Gasteiger partial charge in [0.2, 0.25) is 0 Å². The molecule has 2 unspecified atom stereocenters. The van der Waals surface area contributed by atoms with Crippen LogP contribution in [0.15, 0.2) is 0 Å². The maximum atomic E-state index is 3.94. The van der Waals surface area contributed by atoms with E-state index < -0.39 is 0 Å². The van der Waals surface area contributed by atoms with Crippen LogP contribution >= 0.6 is 0 Å². The Kier molecular flexibility index (Phi) is 4.14. The molecule has 0 amide bonds. The highest BCUT2D eigenvalue weighted by atomic mass is 15.1. The standard InChI is InChI=1S/C15H30N2/c1-12-9-14(11-15(2,3)10-12)16-13-5-7-17(4)8-6-13/h12-14,16H,5-11H2,1-4H3. The third-order valence-corrected chi connectivity index (χ3v) is 4.58. The molecule has 0 aromatic carbocycles. The van der Waals surface area contributed by atoms with Crippen molar-refractivity contribution >= 4 is 0 Å². The van der Waals surface area contributed by atoms with Gasteiger partial charge in [0, 0.05) is 12.1 Å². The minimum Gasteiger partial charge on any atom is -0.311 e. The zero-order chi connectivity index (χ0) is 12.5. The lowest BCUT2D eigenvalue weighted by molar-refractivity contribution is 0.131. The van der Waals surface area contributed by atoms with E-state index in [2.05, 4.69) is 38.0 Å². The molecule has 0 bridgehead atoms. The Balaban J connectivity index is 1.82. The van der Waals surface area contributed by atoms with Crippen molar-refractivity contribution in [3.8, 4) is 0 Å². The second-order valence-corrected chi connectivity index (χ2v) is 7.35. The Labute approximate surface area is 107 Å². The van der Waals surface area contributed by atoms with Crippen molar-refractivity contribution in [2.24, 2.45) is 11.3 Å². The number of nitrogens with zero attached hydrogens (tertiary/aromatic N) is 1. The first-order valence-electron chi connectivity index (χ1n) is 7.39. The van der Waals surface area contributed by atoms with Gasteiger partial charge in [-0.25, -0.2) is 0 Å². The summed E-state index contributed by atoms with van der Waals surface area (Å²) in [7, 11) is 2.24. The topological polar surface area (TPSA) is 15.3 Å². The average Bonchev–Trinajstić information content (AvgIpc) is 2.18. The van der Waals surface area contributed by atoms with E-state index in [1.807, 2.05) is 0 Å². The molecule has 0 aromatic heterocycles. The van der Waals surface area contributed by atoms with Crippen molar-refractivity contribution in [3.05, 3.63) is 0 Å². The Hall–Kier alpha value is -0.0800. The lowest BCUT2D eigenvalue weighted by atomic mass is 9.70. The van der Waals surface area contributed by atoms with Gasteiger partial charge in [-0.15, -0.1) is 0 Å². The Morgan fingerprint density at radius 1 is 1.06 bits per heavy atom. The van der Waals surface area contributed by atoms with Crippen LogP contribution in [0.5, 0.6) is 0 Å². The minimum absolute atomic E-state index is 0.542. The highest BCUT2D eigenvalue weighted by Gasteiger charge is 2.33. The van der Waals surface area contributed by atoms with Crippen LogP contribution in [0.1, 0.15) is 52.9 Å². The summed E-state index contributed by atoms with van der Waals surface area (Å²) in [5.74, 6) is 0.891. The van der Waals surface area contributed by atoms with E-state index >= 15 is 0 Å². The summed E-state index contributed by atoms with van der Waals surface area (Å²) in [5, 5.41) is 3.94. The molecular weight excluding hydrogens is 208 g/mol. The van der Waals surface area contributed by atoms with Crippen molar-refractivity contribution in [2.75, 3.05) is 20.1 Å². The zero-order valence-corrected chi connectivity index (χ0v) is 12.1. The molecule has 1 aliphatic carbocycles. The fourth-order valence-electron chi connectivity index (χ4n) is 3.98. The van der Waals surface area contributed by atoms with Gasteiger partial charge >= 0.3 is 0 Å². The molecule has 2 nitrogen and oxygen atoms in total. The number of hydrogen-bond donors (Lipinski definition) is 1. The maximum absolute atomic E-state index is 3.94. The molecule has 1 saturated carbocycles. The van der Waals surface area contributed by atoms with Gasteiger partial charge in [-0.2, -0.15) is 0 Å². The van der Waals surface area contributed by atoms with Crippen molar-refractivity contribution in [1.82, 2.24) is 10.2 Å². The lowest BCUT2D eigenvalue weighted by Crippen LogP contribution is -2.48. The van der Waals surface area contributed by atoms with E-state index in [1.54, 1.807) is 0 Å². The molecule has 100 valence electrons. The summed E-state index contributed by atoms with van der Waals surface area (Å²) in [6.45, 7) is 9.83. The van der Waals surface area contributed by atoms with Gasteiger partial charge in [0.25, 0.3) is 0 Å². The van der Waals surface area contributed by atoms with Gasteiger partial charge in [-0.05, 0) is 63.6 Å². The van der Waals surface area contributed by atoms with E-state index in [-0.39, 0.29) is 0 Å². The average molecular weight is 238 g/mol. The quantitative estimate of drug-likeness (QED) is 0.796. The second kappa shape index (κ2) is 5.27. The summed E-state index contributed by atoms with van der Waals surface area (Å²) in [4.78, 5) is 2.45. The number of hydrogen-bond acceptors (Lipinski definition) is 2. The Morgan fingerprint density at radius 2 is 1.71 bits per heavy atom. The van der Waals surface area contributed by atoms with Gasteiger partial charge in [0.05, 0.1) is 0 Å². The normalized spacial score (nSPS) is 36.0. The van der Waals surface area contributed by atoms with Crippen LogP contribution in [0.3, 0.4) is 0 Å². The Morgan fingerprint density at radius 3 is 2.29 bits per heavy atom. The molecule has 2 fully saturated rings. The van der Waals surface area contributed by atoms with Crippen LogP contribution < -0.4 is 5.32 Å². The Bertz CT molecular complexity index is 241. The van der Waals surface area contributed by atoms with Crippen molar-refractivity contribution in [3.63, 3.8) is 0 Å². The molecule has 2 heteroatoms. The molecule has 2 rings (SSSR count). The van der Waals surface area contributed by atoms with Gasteiger partial charge in [0.15, 0.2) is 0 Å². The van der Waals surface area contributed by atoms with Crippen molar-refractivity contribution in [2.45, 2.75) is 65.0 Å². The second-order valence-electron chi connectivity index (χ2n) is 7.35. The van der Waals surface area contributed by atoms with Gasteiger partial charge in [-0.3, -0.25) is 0 Å². The third kappa shape index (κ3) is 3.96. The third-order valence-electron chi connectivity index (χ3n) is 4.58. The fraction of sp³-hybridized carbons (Fsp3) is 1.00. The predicted octanol–water partition coefficient (Wildman–Crippen LogP) is 2.89. The highest BCUT2D eigenvalue weighted by Crippen LogP contribution is 2.38. The smallest absolute Gasteiger partial charge is 0.00940 e. The van der Waals surface area contributed by atoms with Crippen LogP contribution in [0, 0.1) is 11.3 Å². The highest BCUT2D eigenvalue weighted by molar-refractivity contribution is 4.89. The monoisotopic (exact) mass is 238 g/mol. The van der Waals surface area contributed by atoms with Crippen molar-refractivity contribution < 1.29 is 0 Å². The largest absolute Gasteiger partial charge is 0.311 e. The van der Waals surface area contributed by atoms with Crippen LogP contribution in [-0.4, -0.2) is 37.1 Å².